The van der Waals surface area contributed by atoms with E-state index in [0.717, 1.165) is 16.6 Å². The Labute approximate surface area is 124 Å². The third-order valence-electron chi connectivity index (χ3n) is 3.71. The van der Waals surface area contributed by atoms with Gasteiger partial charge in [0.05, 0.1) is 0 Å². The second-order valence-electron chi connectivity index (χ2n) is 5.32. The monoisotopic (exact) mass is 278 g/mol. The van der Waals surface area contributed by atoms with Crippen molar-refractivity contribution in [3.8, 4) is 0 Å². The van der Waals surface area contributed by atoms with E-state index in [1.165, 1.54) is 5.56 Å². The second kappa shape index (κ2) is 5.44. The van der Waals surface area contributed by atoms with Gasteiger partial charge in [-0.1, -0.05) is 29.8 Å². The molecule has 0 aliphatic heterocycles. The number of hydrogen-bond acceptors (Lipinski definition) is 1. The van der Waals surface area contributed by atoms with Crippen LogP contribution in [0.3, 0.4) is 0 Å². The van der Waals surface area contributed by atoms with Crippen molar-refractivity contribution >= 4 is 22.5 Å². The summed E-state index contributed by atoms with van der Waals surface area (Å²) in [4.78, 5) is 12.4. The Hall–Kier alpha value is -2.55. The number of rotatable bonds is 3. The van der Waals surface area contributed by atoms with Gasteiger partial charge in [-0.2, -0.15) is 0 Å². The number of fused-ring (bicyclic) bond motifs is 1. The Kier molecular flexibility index (Phi) is 3.48. The minimum Gasteiger partial charge on any atom is -0.335 e. The van der Waals surface area contributed by atoms with Crippen LogP contribution in [0, 0.1) is 6.92 Å². The first-order valence-electron chi connectivity index (χ1n) is 7.08. The van der Waals surface area contributed by atoms with Gasteiger partial charge in [0.1, 0.15) is 6.04 Å². The highest BCUT2D eigenvalue weighted by Crippen LogP contribution is 2.22. The van der Waals surface area contributed by atoms with E-state index in [-0.39, 0.29) is 11.9 Å². The highest BCUT2D eigenvalue weighted by atomic mass is 16.2. The molecular formula is C18H18N2O. The van der Waals surface area contributed by atoms with Gasteiger partial charge in [0.25, 0.3) is 0 Å². The summed E-state index contributed by atoms with van der Waals surface area (Å²) in [6.45, 7) is 3.99. The van der Waals surface area contributed by atoms with Gasteiger partial charge in [0.2, 0.25) is 5.91 Å². The fraction of sp³-hybridized carbons (Fsp3) is 0.167. The number of nitrogens with zero attached hydrogens (tertiary/aromatic N) is 1. The van der Waals surface area contributed by atoms with Gasteiger partial charge >= 0.3 is 0 Å². The Balaban J connectivity index is 1.86. The van der Waals surface area contributed by atoms with Gasteiger partial charge in [-0.3, -0.25) is 4.79 Å². The molecule has 3 aromatic rings. The summed E-state index contributed by atoms with van der Waals surface area (Å²) in [5.41, 5.74) is 3.12. The van der Waals surface area contributed by atoms with E-state index in [1.54, 1.807) is 0 Å². The molecular weight excluding hydrogens is 260 g/mol. The minimum absolute atomic E-state index is 0.0146. The van der Waals surface area contributed by atoms with Crippen LogP contribution >= 0.6 is 0 Å². The molecule has 1 aromatic heterocycles. The summed E-state index contributed by atoms with van der Waals surface area (Å²) in [6.07, 6.45) is 1.97. The molecule has 0 fully saturated rings. The average Bonchev–Trinajstić information content (AvgIpc) is 2.90. The lowest BCUT2D eigenvalue weighted by Gasteiger charge is -2.15. The molecule has 2 aromatic carbocycles. The van der Waals surface area contributed by atoms with E-state index >= 15 is 0 Å². The topological polar surface area (TPSA) is 34.0 Å². The maximum absolute atomic E-state index is 12.4. The summed E-state index contributed by atoms with van der Waals surface area (Å²) < 4.78 is 2.01. The van der Waals surface area contributed by atoms with E-state index in [2.05, 4.69) is 36.5 Å². The van der Waals surface area contributed by atoms with E-state index in [9.17, 15) is 4.79 Å². The van der Waals surface area contributed by atoms with Crippen molar-refractivity contribution in [2.45, 2.75) is 19.9 Å². The Morgan fingerprint density at radius 2 is 1.86 bits per heavy atom. The fourth-order valence-electron chi connectivity index (χ4n) is 2.52. The smallest absolute Gasteiger partial charge is 0.247 e. The number of aromatic nitrogens is 1. The summed E-state index contributed by atoms with van der Waals surface area (Å²) in [5.74, 6) is -0.0146. The molecule has 0 aliphatic rings. The number of hydrogen-bond donors (Lipinski definition) is 1. The maximum atomic E-state index is 12.4. The van der Waals surface area contributed by atoms with Crippen LogP contribution in [-0.2, 0) is 4.79 Å². The number of para-hydroxylation sites is 1. The Bertz CT molecular complexity index is 774. The van der Waals surface area contributed by atoms with Gasteiger partial charge < -0.3 is 9.88 Å². The van der Waals surface area contributed by atoms with E-state index < -0.39 is 0 Å². The van der Waals surface area contributed by atoms with Crippen LogP contribution in [0.5, 0.6) is 0 Å². The van der Waals surface area contributed by atoms with Crippen molar-refractivity contribution in [1.82, 2.24) is 4.57 Å². The van der Waals surface area contributed by atoms with Crippen LogP contribution in [0.4, 0.5) is 5.69 Å². The zero-order chi connectivity index (χ0) is 14.8. The van der Waals surface area contributed by atoms with Crippen LogP contribution in [0.25, 0.3) is 10.9 Å². The highest BCUT2D eigenvalue weighted by Gasteiger charge is 2.16. The van der Waals surface area contributed by atoms with Crippen LogP contribution in [0.2, 0.25) is 0 Å². The number of amides is 1. The van der Waals surface area contributed by atoms with Gasteiger partial charge in [-0.15, -0.1) is 0 Å². The van der Waals surface area contributed by atoms with Crippen molar-refractivity contribution in [3.05, 3.63) is 66.4 Å². The molecule has 3 rings (SSSR count). The minimum atomic E-state index is -0.259. The molecule has 0 saturated heterocycles. The summed E-state index contributed by atoms with van der Waals surface area (Å²) in [6, 6.07) is 17.6. The fourth-order valence-corrected chi connectivity index (χ4v) is 2.52. The standard InChI is InChI=1S/C18H18N2O/c1-13-8-9-17-15(12-13)10-11-20(17)14(2)18(21)19-16-6-4-3-5-7-16/h3-12,14H,1-2H3,(H,19,21). The zero-order valence-electron chi connectivity index (χ0n) is 12.2. The summed E-state index contributed by atoms with van der Waals surface area (Å²) in [5, 5.41) is 4.11. The summed E-state index contributed by atoms with van der Waals surface area (Å²) >= 11 is 0. The quantitative estimate of drug-likeness (QED) is 0.767. The normalized spacial score (nSPS) is 12.3. The van der Waals surface area contributed by atoms with Crippen molar-refractivity contribution in [2.24, 2.45) is 0 Å². The summed E-state index contributed by atoms with van der Waals surface area (Å²) in [7, 11) is 0. The molecule has 1 N–H and O–H groups in total. The molecule has 0 spiro atoms. The Morgan fingerprint density at radius 3 is 2.62 bits per heavy atom. The number of anilines is 1. The first kappa shape index (κ1) is 13.4. The van der Waals surface area contributed by atoms with Crippen molar-refractivity contribution in [3.63, 3.8) is 0 Å². The second-order valence-corrected chi connectivity index (χ2v) is 5.32. The largest absolute Gasteiger partial charge is 0.335 e. The lowest BCUT2D eigenvalue weighted by Crippen LogP contribution is -2.23. The van der Waals surface area contributed by atoms with Gasteiger partial charge in [-0.05, 0) is 49.6 Å². The van der Waals surface area contributed by atoms with E-state index in [4.69, 9.17) is 0 Å². The first-order valence-corrected chi connectivity index (χ1v) is 7.08. The molecule has 21 heavy (non-hydrogen) atoms. The molecule has 1 heterocycles. The molecule has 1 amide bonds. The van der Waals surface area contributed by atoms with Crippen molar-refractivity contribution in [2.75, 3.05) is 5.32 Å². The number of aryl methyl sites for hydroxylation is 1. The zero-order valence-corrected chi connectivity index (χ0v) is 12.2. The number of benzene rings is 2. The number of carbonyl (C=O) groups excluding carboxylic acids is 1. The molecule has 0 bridgehead atoms. The average molecular weight is 278 g/mol. The highest BCUT2D eigenvalue weighted by molar-refractivity contribution is 5.95. The van der Waals surface area contributed by atoms with Crippen LogP contribution in [0.1, 0.15) is 18.5 Å². The van der Waals surface area contributed by atoms with E-state index in [1.807, 2.05) is 48.0 Å². The van der Waals surface area contributed by atoms with Gasteiger partial charge in [0.15, 0.2) is 0 Å². The predicted octanol–water partition coefficient (Wildman–Crippen LogP) is 4.15. The molecule has 0 radical (unpaired) electrons. The molecule has 3 heteroatoms. The maximum Gasteiger partial charge on any atom is 0.247 e. The molecule has 1 atom stereocenters. The number of carbonyl (C=O) groups is 1. The van der Waals surface area contributed by atoms with Crippen molar-refractivity contribution in [1.29, 1.82) is 0 Å². The lowest BCUT2D eigenvalue weighted by atomic mass is 10.2. The van der Waals surface area contributed by atoms with E-state index in [0.29, 0.717) is 0 Å². The Morgan fingerprint density at radius 1 is 1.10 bits per heavy atom. The van der Waals surface area contributed by atoms with Crippen LogP contribution < -0.4 is 5.32 Å². The third kappa shape index (κ3) is 2.68. The van der Waals surface area contributed by atoms with Gasteiger partial charge in [0, 0.05) is 17.4 Å². The molecule has 0 saturated carbocycles. The lowest BCUT2D eigenvalue weighted by molar-refractivity contribution is -0.118. The molecule has 1 unspecified atom stereocenters. The van der Waals surface area contributed by atoms with Crippen molar-refractivity contribution < 1.29 is 4.79 Å². The first-order chi connectivity index (χ1) is 10.1. The molecule has 0 aliphatic carbocycles. The van der Waals surface area contributed by atoms with Crippen LogP contribution in [0.15, 0.2) is 60.8 Å². The molecule has 3 nitrogen and oxygen atoms in total. The third-order valence-corrected chi connectivity index (χ3v) is 3.71. The number of nitrogens with one attached hydrogen (secondary N) is 1. The molecule has 106 valence electrons. The van der Waals surface area contributed by atoms with Crippen LogP contribution in [-0.4, -0.2) is 10.5 Å². The predicted molar refractivity (Wildman–Crippen MR) is 86.5 cm³/mol. The van der Waals surface area contributed by atoms with Gasteiger partial charge in [-0.25, -0.2) is 0 Å². The SMILES string of the molecule is Cc1ccc2c(ccn2C(C)C(=O)Nc2ccccc2)c1.